The van der Waals surface area contributed by atoms with E-state index in [1.165, 1.54) is 38.5 Å². The van der Waals surface area contributed by atoms with Crippen molar-refractivity contribution >= 4 is 15.7 Å². The highest BCUT2D eigenvalue weighted by Gasteiger charge is 2.13. The maximum absolute atomic E-state index is 11.8. The van der Waals surface area contributed by atoms with Crippen LogP contribution in [0.2, 0.25) is 0 Å². The fourth-order valence-electron chi connectivity index (χ4n) is 2.92. The van der Waals surface area contributed by atoms with E-state index in [-0.39, 0.29) is 0 Å². The van der Waals surface area contributed by atoms with Crippen LogP contribution in [0.1, 0.15) is 45.4 Å². The molecule has 0 amide bonds. The molecule has 2 rings (SSSR count). The van der Waals surface area contributed by atoms with Gasteiger partial charge in [-0.15, -0.1) is 0 Å². The Morgan fingerprint density at radius 1 is 1.10 bits per heavy atom. The largest absolute Gasteiger partial charge is 0.385 e. The van der Waals surface area contributed by atoms with Gasteiger partial charge in [-0.3, -0.25) is 0 Å². The van der Waals surface area contributed by atoms with Crippen LogP contribution in [0.3, 0.4) is 0 Å². The van der Waals surface area contributed by atoms with Gasteiger partial charge in [0.2, 0.25) is 10.0 Å². The van der Waals surface area contributed by atoms with Crippen LogP contribution in [0.4, 0.5) is 5.69 Å². The lowest BCUT2D eigenvalue weighted by Gasteiger charge is -2.21. The Labute approximate surface area is 128 Å². The molecule has 0 heterocycles. The first-order valence-electron chi connectivity index (χ1n) is 7.95. The van der Waals surface area contributed by atoms with E-state index < -0.39 is 10.0 Å². The van der Waals surface area contributed by atoms with Crippen molar-refractivity contribution in [3.05, 3.63) is 24.3 Å². The molecule has 0 saturated heterocycles. The molecule has 118 valence electrons. The molecule has 1 aliphatic rings. The quantitative estimate of drug-likeness (QED) is 0.812. The second kappa shape index (κ2) is 7.80. The maximum atomic E-state index is 11.8. The predicted octanol–water partition coefficient (Wildman–Crippen LogP) is 3.37. The van der Waals surface area contributed by atoms with E-state index in [4.69, 9.17) is 0 Å². The highest BCUT2D eigenvalue weighted by atomic mass is 32.2. The molecule has 0 aromatic heterocycles. The maximum Gasteiger partial charge on any atom is 0.240 e. The number of nitrogens with one attached hydrogen (secondary N) is 2. The zero-order valence-corrected chi connectivity index (χ0v) is 13.6. The second-order valence-electron chi connectivity index (χ2n) is 5.75. The van der Waals surface area contributed by atoms with E-state index in [9.17, 15) is 8.42 Å². The fraction of sp³-hybridized carbons (Fsp3) is 0.625. The molecule has 1 aromatic carbocycles. The Hall–Kier alpha value is -1.07. The number of hydrogen-bond acceptors (Lipinski definition) is 3. The van der Waals surface area contributed by atoms with Gasteiger partial charge in [0.25, 0.3) is 0 Å². The van der Waals surface area contributed by atoms with Crippen molar-refractivity contribution in [1.82, 2.24) is 4.72 Å². The van der Waals surface area contributed by atoms with Gasteiger partial charge in [0.1, 0.15) is 0 Å². The molecular formula is C16H26N2O2S. The summed E-state index contributed by atoms with van der Waals surface area (Å²) in [6, 6.07) is 6.98. The van der Waals surface area contributed by atoms with Gasteiger partial charge in [-0.1, -0.05) is 39.0 Å². The van der Waals surface area contributed by atoms with Crippen LogP contribution in [0.15, 0.2) is 29.2 Å². The highest BCUT2D eigenvalue weighted by Crippen LogP contribution is 2.26. The highest BCUT2D eigenvalue weighted by molar-refractivity contribution is 7.89. The van der Waals surface area contributed by atoms with Crippen LogP contribution < -0.4 is 10.0 Å². The van der Waals surface area contributed by atoms with E-state index >= 15 is 0 Å². The van der Waals surface area contributed by atoms with Crippen molar-refractivity contribution in [2.45, 2.75) is 50.3 Å². The molecule has 1 saturated carbocycles. The topological polar surface area (TPSA) is 58.2 Å². The van der Waals surface area contributed by atoms with E-state index in [2.05, 4.69) is 10.0 Å². The van der Waals surface area contributed by atoms with E-state index in [1.807, 2.05) is 12.1 Å². The summed E-state index contributed by atoms with van der Waals surface area (Å²) in [5.41, 5.74) is 0.987. The van der Waals surface area contributed by atoms with Crippen molar-refractivity contribution in [2.24, 2.45) is 5.92 Å². The second-order valence-corrected chi connectivity index (χ2v) is 7.51. The van der Waals surface area contributed by atoms with E-state index in [1.54, 1.807) is 19.1 Å². The monoisotopic (exact) mass is 310 g/mol. The summed E-state index contributed by atoms with van der Waals surface area (Å²) in [4.78, 5) is 0.321. The van der Waals surface area contributed by atoms with Gasteiger partial charge < -0.3 is 5.32 Å². The van der Waals surface area contributed by atoms with Gasteiger partial charge in [-0.25, -0.2) is 13.1 Å². The molecule has 0 spiro atoms. The number of rotatable bonds is 7. The minimum Gasteiger partial charge on any atom is -0.385 e. The summed E-state index contributed by atoms with van der Waals surface area (Å²) in [7, 11) is -3.34. The number of hydrogen-bond donors (Lipinski definition) is 2. The number of anilines is 1. The van der Waals surface area contributed by atoms with Crippen LogP contribution in [0.25, 0.3) is 0 Å². The minimum atomic E-state index is -3.34. The normalized spacial score (nSPS) is 16.8. The SMILES string of the molecule is CCNS(=O)(=O)c1ccc(NCCC2CCCCC2)cc1. The van der Waals surface area contributed by atoms with Gasteiger partial charge >= 0.3 is 0 Å². The van der Waals surface area contributed by atoms with Crippen molar-refractivity contribution in [3.8, 4) is 0 Å². The summed E-state index contributed by atoms with van der Waals surface area (Å²) >= 11 is 0. The van der Waals surface area contributed by atoms with Crippen molar-refractivity contribution in [3.63, 3.8) is 0 Å². The van der Waals surface area contributed by atoms with Gasteiger partial charge in [0, 0.05) is 18.8 Å². The third-order valence-electron chi connectivity index (χ3n) is 4.11. The Balaban J connectivity index is 1.82. The van der Waals surface area contributed by atoms with Gasteiger partial charge in [0.15, 0.2) is 0 Å². The zero-order chi connectivity index (χ0) is 15.1. The van der Waals surface area contributed by atoms with Gasteiger partial charge in [-0.05, 0) is 36.6 Å². The third-order valence-corrected chi connectivity index (χ3v) is 5.67. The molecule has 4 nitrogen and oxygen atoms in total. The summed E-state index contributed by atoms with van der Waals surface area (Å²) in [5, 5.41) is 3.39. The molecule has 0 atom stereocenters. The van der Waals surface area contributed by atoms with Gasteiger partial charge in [-0.2, -0.15) is 0 Å². The molecule has 0 radical (unpaired) electrons. The Morgan fingerprint density at radius 3 is 2.38 bits per heavy atom. The Morgan fingerprint density at radius 2 is 1.76 bits per heavy atom. The van der Waals surface area contributed by atoms with Crippen molar-refractivity contribution < 1.29 is 8.42 Å². The fourth-order valence-corrected chi connectivity index (χ4v) is 3.96. The summed E-state index contributed by atoms with van der Waals surface area (Å²) in [6.07, 6.45) is 8.08. The van der Waals surface area contributed by atoms with E-state index in [0.717, 1.165) is 18.2 Å². The Kier molecular flexibility index (Phi) is 6.06. The average molecular weight is 310 g/mol. The molecule has 0 unspecified atom stereocenters. The molecule has 1 fully saturated rings. The summed E-state index contributed by atoms with van der Waals surface area (Å²) in [6.45, 7) is 3.15. The first kappa shape index (κ1) is 16.3. The van der Waals surface area contributed by atoms with Gasteiger partial charge in [0.05, 0.1) is 4.90 Å². The lowest BCUT2D eigenvalue weighted by molar-refractivity contribution is 0.345. The molecule has 1 aromatic rings. The van der Waals surface area contributed by atoms with Crippen molar-refractivity contribution in [2.75, 3.05) is 18.4 Å². The molecule has 0 aliphatic heterocycles. The lowest BCUT2D eigenvalue weighted by Crippen LogP contribution is -2.23. The molecule has 21 heavy (non-hydrogen) atoms. The predicted molar refractivity (Wildman–Crippen MR) is 87.0 cm³/mol. The first-order chi connectivity index (χ1) is 10.1. The van der Waals surface area contributed by atoms with Crippen LogP contribution in [0, 0.1) is 5.92 Å². The number of benzene rings is 1. The standard InChI is InChI=1S/C16H26N2O2S/c1-2-18-21(19,20)16-10-8-15(9-11-16)17-13-12-14-6-4-3-5-7-14/h8-11,14,17-18H,2-7,12-13H2,1H3. The Bertz CT molecular complexity index is 520. The molecule has 2 N–H and O–H groups in total. The van der Waals surface area contributed by atoms with Crippen LogP contribution in [-0.4, -0.2) is 21.5 Å². The minimum absolute atomic E-state index is 0.321. The molecule has 1 aliphatic carbocycles. The molecular weight excluding hydrogens is 284 g/mol. The first-order valence-corrected chi connectivity index (χ1v) is 9.44. The average Bonchev–Trinajstić information content (AvgIpc) is 2.49. The van der Waals surface area contributed by atoms with Crippen LogP contribution >= 0.6 is 0 Å². The smallest absolute Gasteiger partial charge is 0.240 e. The summed E-state index contributed by atoms with van der Waals surface area (Å²) in [5.74, 6) is 0.861. The van der Waals surface area contributed by atoms with Crippen LogP contribution in [0.5, 0.6) is 0 Å². The third kappa shape index (κ3) is 5.00. The molecule has 5 heteroatoms. The lowest BCUT2D eigenvalue weighted by atomic mass is 9.87. The number of sulfonamides is 1. The van der Waals surface area contributed by atoms with Crippen molar-refractivity contribution in [1.29, 1.82) is 0 Å². The zero-order valence-electron chi connectivity index (χ0n) is 12.8. The van der Waals surface area contributed by atoms with Crippen LogP contribution in [-0.2, 0) is 10.0 Å². The molecule has 0 bridgehead atoms. The van der Waals surface area contributed by atoms with E-state index in [0.29, 0.717) is 11.4 Å². The summed E-state index contributed by atoms with van der Waals surface area (Å²) < 4.78 is 26.2.